The SMILES string of the molecule is CCOC(=O)C[C@@H]1CC[C@@H](N(CCc2ccccc2)CCC(C)C)[C@H](c2ccc(C(F)(F)F)cc2)C1. The summed E-state index contributed by atoms with van der Waals surface area (Å²) in [6.45, 7) is 8.46. The molecule has 0 heterocycles. The lowest BCUT2D eigenvalue weighted by Gasteiger charge is -2.43. The van der Waals surface area contributed by atoms with Crippen molar-refractivity contribution in [2.75, 3.05) is 19.7 Å². The van der Waals surface area contributed by atoms with E-state index in [-0.39, 0.29) is 23.8 Å². The number of ether oxygens (including phenoxy) is 1. The Balaban J connectivity index is 1.85. The van der Waals surface area contributed by atoms with E-state index in [0.717, 1.165) is 50.8 Å². The maximum atomic E-state index is 13.2. The Bertz CT molecular complexity index is 927. The van der Waals surface area contributed by atoms with E-state index < -0.39 is 11.7 Å². The van der Waals surface area contributed by atoms with Crippen molar-refractivity contribution in [2.24, 2.45) is 11.8 Å². The summed E-state index contributed by atoms with van der Waals surface area (Å²) in [5, 5.41) is 0. The first-order chi connectivity index (χ1) is 17.2. The van der Waals surface area contributed by atoms with E-state index >= 15 is 0 Å². The second-order valence-electron chi connectivity index (χ2n) is 10.4. The predicted octanol–water partition coefficient (Wildman–Crippen LogP) is 7.50. The van der Waals surface area contributed by atoms with Crippen LogP contribution in [0.15, 0.2) is 54.6 Å². The fourth-order valence-corrected chi connectivity index (χ4v) is 5.38. The average Bonchev–Trinajstić information content (AvgIpc) is 2.84. The highest BCUT2D eigenvalue weighted by atomic mass is 19.4. The zero-order valence-corrected chi connectivity index (χ0v) is 21.8. The minimum Gasteiger partial charge on any atom is -0.466 e. The number of esters is 1. The van der Waals surface area contributed by atoms with Gasteiger partial charge in [0, 0.05) is 19.0 Å². The Hall–Kier alpha value is -2.34. The standard InChI is InChI=1S/C30H40F3NO2/c1-4-36-29(35)21-24-10-15-28(27(20-24)25-11-13-26(14-12-25)30(31,32)33)34(18-16-22(2)3)19-17-23-8-6-5-7-9-23/h5-9,11-14,22,24,27-28H,4,10,15-21H2,1-3H3/t24-,27+,28-/m1/s1. The molecule has 0 N–H and O–H groups in total. The first-order valence-corrected chi connectivity index (χ1v) is 13.3. The third-order valence-electron chi connectivity index (χ3n) is 7.34. The summed E-state index contributed by atoms with van der Waals surface area (Å²) in [7, 11) is 0. The summed E-state index contributed by atoms with van der Waals surface area (Å²) in [6.07, 6.45) is 0.632. The maximum absolute atomic E-state index is 13.2. The van der Waals surface area contributed by atoms with Crippen LogP contribution in [0.5, 0.6) is 0 Å². The van der Waals surface area contributed by atoms with Gasteiger partial charge >= 0.3 is 12.1 Å². The normalized spacial score (nSPS) is 20.6. The number of rotatable bonds is 11. The largest absolute Gasteiger partial charge is 0.466 e. The lowest BCUT2D eigenvalue weighted by atomic mass is 9.72. The van der Waals surface area contributed by atoms with E-state index in [0.29, 0.717) is 18.9 Å². The number of carbonyl (C=O) groups excluding carboxylic acids is 1. The summed E-state index contributed by atoms with van der Waals surface area (Å²) in [5.41, 5.74) is 1.59. The molecular weight excluding hydrogens is 463 g/mol. The van der Waals surface area contributed by atoms with Gasteiger partial charge in [0.1, 0.15) is 0 Å². The maximum Gasteiger partial charge on any atom is 0.416 e. The highest BCUT2D eigenvalue weighted by Crippen LogP contribution is 2.41. The van der Waals surface area contributed by atoms with Crippen molar-refractivity contribution in [2.45, 2.75) is 77.4 Å². The summed E-state index contributed by atoms with van der Waals surface area (Å²) in [4.78, 5) is 14.8. The van der Waals surface area contributed by atoms with Crippen LogP contribution in [0.25, 0.3) is 0 Å². The van der Waals surface area contributed by atoms with Crippen molar-refractivity contribution in [3.8, 4) is 0 Å². The van der Waals surface area contributed by atoms with E-state index in [2.05, 4.69) is 43.0 Å². The van der Waals surface area contributed by atoms with Crippen LogP contribution in [0.1, 0.15) is 75.5 Å². The molecule has 0 aromatic heterocycles. The quantitative estimate of drug-likeness (QED) is 0.297. The second kappa shape index (κ2) is 13.3. The first-order valence-electron chi connectivity index (χ1n) is 13.3. The highest BCUT2D eigenvalue weighted by molar-refractivity contribution is 5.69. The Morgan fingerprint density at radius 3 is 2.33 bits per heavy atom. The average molecular weight is 504 g/mol. The monoisotopic (exact) mass is 503 g/mol. The molecule has 3 atom stereocenters. The summed E-state index contributed by atoms with van der Waals surface area (Å²) >= 11 is 0. The van der Waals surface area contributed by atoms with Gasteiger partial charge in [-0.15, -0.1) is 0 Å². The van der Waals surface area contributed by atoms with Gasteiger partial charge in [0.05, 0.1) is 12.2 Å². The van der Waals surface area contributed by atoms with E-state index in [9.17, 15) is 18.0 Å². The minimum atomic E-state index is -4.35. The number of hydrogen-bond donors (Lipinski definition) is 0. The number of alkyl halides is 3. The van der Waals surface area contributed by atoms with Crippen LogP contribution < -0.4 is 0 Å². The molecule has 1 saturated carbocycles. The van der Waals surface area contributed by atoms with Crippen molar-refractivity contribution < 1.29 is 22.7 Å². The molecule has 0 saturated heterocycles. The fraction of sp³-hybridized carbons (Fsp3) is 0.567. The number of carbonyl (C=O) groups is 1. The smallest absolute Gasteiger partial charge is 0.416 e. The van der Waals surface area contributed by atoms with Crippen molar-refractivity contribution in [1.82, 2.24) is 4.90 Å². The molecule has 36 heavy (non-hydrogen) atoms. The van der Waals surface area contributed by atoms with Crippen LogP contribution >= 0.6 is 0 Å². The van der Waals surface area contributed by atoms with E-state index in [4.69, 9.17) is 4.74 Å². The van der Waals surface area contributed by atoms with Crippen LogP contribution in [0.2, 0.25) is 0 Å². The molecule has 3 rings (SSSR count). The van der Waals surface area contributed by atoms with Crippen molar-refractivity contribution in [1.29, 1.82) is 0 Å². The third kappa shape index (κ3) is 8.36. The fourth-order valence-electron chi connectivity index (χ4n) is 5.38. The van der Waals surface area contributed by atoms with E-state index in [1.165, 1.54) is 17.7 Å². The molecule has 3 nitrogen and oxygen atoms in total. The molecule has 0 unspecified atom stereocenters. The van der Waals surface area contributed by atoms with Gasteiger partial charge in [0.25, 0.3) is 0 Å². The van der Waals surface area contributed by atoms with Gasteiger partial charge in [-0.2, -0.15) is 13.2 Å². The Kier molecular flexibility index (Phi) is 10.4. The van der Waals surface area contributed by atoms with Crippen LogP contribution in [0.3, 0.4) is 0 Å². The zero-order chi connectivity index (χ0) is 26.1. The molecule has 0 aliphatic heterocycles. The lowest BCUT2D eigenvalue weighted by Crippen LogP contribution is -2.45. The molecule has 2 aromatic carbocycles. The summed E-state index contributed by atoms with van der Waals surface area (Å²) < 4.78 is 44.9. The van der Waals surface area contributed by atoms with Gasteiger partial charge in [-0.05, 0) is 86.6 Å². The predicted molar refractivity (Wildman–Crippen MR) is 138 cm³/mol. The molecule has 1 aliphatic carbocycles. The molecular formula is C30H40F3NO2. The number of hydrogen-bond acceptors (Lipinski definition) is 3. The summed E-state index contributed by atoms with van der Waals surface area (Å²) in [6, 6.07) is 16.3. The molecule has 0 radical (unpaired) electrons. The molecule has 6 heteroatoms. The number of halogens is 3. The molecule has 2 aromatic rings. The van der Waals surface area contributed by atoms with Gasteiger partial charge in [0.2, 0.25) is 0 Å². The van der Waals surface area contributed by atoms with Gasteiger partial charge in [-0.25, -0.2) is 0 Å². The van der Waals surface area contributed by atoms with Crippen LogP contribution in [-0.4, -0.2) is 36.6 Å². The van der Waals surface area contributed by atoms with Crippen molar-refractivity contribution >= 4 is 5.97 Å². The van der Waals surface area contributed by atoms with Gasteiger partial charge in [-0.3, -0.25) is 9.69 Å². The number of nitrogens with zero attached hydrogens (tertiary/aromatic N) is 1. The van der Waals surface area contributed by atoms with Gasteiger partial charge < -0.3 is 4.74 Å². The Morgan fingerprint density at radius 2 is 1.72 bits per heavy atom. The zero-order valence-electron chi connectivity index (χ0n) is 21.8. The third-order valence-corrected chi connectivity index (χ3v) is 7.34. The van der Waals surface area contributed by atoms with E-state index in [1.807, 2.05) is 6.07 Å². The lowest BCUT2D eigenvalue weighted by molar-refractivity contribution is -0.144. The van der Waals surface area contributed by atoms with Crippen molar-refractivity contribution in [3.05, 3.63) is 71.3 Å². The number of benzene rings is 2. The van der Waals surface area contributed by atoms with Crippen molar-refractivity contribution in [3.63, 3.8) is 0 Å². The Labute approximate surface area is 214 Å². The molecule has 1 aliphatic rings. The van der Waals surface area contributed by atoms with E-state index in [1.54, 1.807) is 19.1 Å². The second-order valence-corrected chi connectivity index (χ2v) is 10.4. The van der Waals surface area contributed by atoms with Gasteiger partial charge in [-0.1, -0.05) is 56.3 Å². The highest BCUT2D eigenvalue weighted by Gasteiger charge is 2.37. The molecule has 0 bridgehead atoms. The van der Waals surface area contributed by atoms with Crippen LogP contribution in [0, 0.1) is 11.8 Å². The molecule has 1 fully saturated rings. The Morgan fingerprint density at radius 1 is 1.03 bits per heavy atom. The minimum absolute atomic E-state index is 0.0726. The van der Waals surface area contributed by atoms with Gasteiger partial charge in [0.15, 0.2) is 0 Å². The first kappa shape index (κ1) is 28.2. The van der Waals surface area contributed by atoms with Crippen LogP contribution in [-0.2, 0) is 22.1 Å². The summed E-state index contributed by atoms with van der Waals surface area (Å²) in [5.74, 6) is 0.624. The van der Waals surface area contributed by atoms with Crippen LogP contribution in [0.4, 0.5) is 13.2 Å². The topological polar surface area (TPSA) is 29.5 Å². The molecule has 0 spiro atoms. The molecule has 198 valence electrons. The molecule has 0 amide bonds.